The van der Waals surface area contributed by atoms with Gasteiger partial charge in [0.05, 0.1) is 5.56 Å². The number of phenols is 1. The van der Waals surface area contributed by atoms with E-state index in [2.05, 4.69) is 16.2 Å². The largest absolute Gasteiger partial charge is 0.507 e. The number of nitrogens with one attached hydrogen (secondary N) is 3. The molecule has 2 aromatic carbocycles. The number of amides is 1. The van der Waals surface area contributed by atoms with Crippen LogP contribution < -0.4 is 16.2 Å². The van der Waals surface area contributed by atoms with E-state index in [0.29, 0.717) is 11.2 Å². The van der Waals surface area contributed by atoms with Crippen molar-refractivity contribution in [2.75, 3.05) is 0 Å². The van der Waals surface area contributed by atoms with Gasteiger partial charge in [-0.25, -0.2) is 0 Å². The van der Waals surface area contributed by atoms with Crippen LogP contribution in [0.25, 0.3) is 10.8 Å². The Labute approximate surface area is 127 Å². The third kappa shape index (κ3) is 3.22. The predicted octanol–water partition coefficient (Wildman–Crippen LogP) is 1.82. The van der Waals surface area contributed by atoms with Gasteiger partial charge < -0.3 is 10.4 Å². The molecule has 1 amide bonds. The first-order valence-electron chi connectivity index (χ1n) is 6.72. The number of aromatic hydroxyl groups is 1. The fourth-order valence-corrected chi connectivity index (χ4v) is 2.26. The molecule has 108 valence electrons. The Kier molecular flexibility index (Phi) is 3.62. The van der Waals surface area contributed by atoms with Crippen LogP contribution in [0.2, 0.25) is 0 Å². The molecule has 0 radical (unpaired) electrons. The van der Waals surface area contributed by atoms with Crippen molar-refractivity contribution in [3.63, 3.8) is 0 Å². The van der Waals surface area contributed by atoms with E-state index in [1.54, 1.807) is 12.1 Å². The van der Waals surface area contributed by atoms with Crippen molar-refractivity contribution in [3.05, 3.63) is 42.0 Å². The number of carbonyl (C=O) groups is 1. The average Bonchev–Trinajstić information content (AvgIpc) is 3.28. The molecule has 5 nitrogen and oxygen atoms in total. The lowest BCUT2D eigenvalue weighted by molar-refractivity contribution is 0.0941. The van der Waals surface area contributed by atoms with Gasteiger partial charge >= 0.3 is 0 Å². The molecule has 0 aliphatic heterocycles. The summed E-state index contributed by atoms with van der Waals surface area (Å²) in [4.78, 5) is 12.1. The van der Waals surface area contributed by atoms with Gasteiger partial charge in [-0.05, 0) is 48.0 Å². The van der Waals surface area contributed by atoms with E-state index in [4.69, 9.17) is 12.2 Å². The second kappa shape index (κ2) is 5.57. The van der Waals surface area contributed by atoms with Crippen molar-refractivity contribution in [2.24, 2.45) is 0 Å². The Morgan fingerprint density at radius 2 is 1.81 bits per heavy atom. The second-order valence-corrected chi connectivity index (χ2v) is 5.45. The quantitative estimate of drug-likeness (QED) is 0.503. The van der Waals surface area contributed by atoms with E-state index in [-0.39, 0.29) is 11.3 Å². The fraction of sp³-hybridized carbons (Fsp3) is 0.200. The number of thiocarbonyl (C=S) groups is 1. The van der Waals surface area contributed by atoms with Gasteiger partial charge in [0.2, 0.25) is 0 Å². The predicted molar refractivity (Wildman–Crippen MR) is 85.0 cm³/mol. The third-order valence-corrected chi connectivity index (χ3v) is 3.53. The summed E-state index contributed by atoms with van der Waals surface area (Å²) >= 11 is 5.05. The van der Waals surface area contributed by atoms with Crippen molar-refractivity contribution in [1.82, 2.24) is 16.2 Å². The van der Waals surface area contributed by atoms with Crippen LogP contribution in [-0.4, -0.2) is 22.2 Å². The molecule has 0 spiro atoms. The van der Waals surface area contributed by atoms with E-state index in [1.807, 2.05) is 24.3 Å². The van der Waals surface area contributed by atoms with E-state index < -0.39 is 5.91 Å². The molecule has 0 aromatic heterocycles. The minimum Gasteiger partial charge on any atom is -0.507 e. The van der Waals surface area contributed by atoms with E-state index >= 15 is 0 Å². The molecule has 3 rings (SSSR count). The zero-order chi connectivity index (χ0) is 14.8. The Morgan fingerprint density at radius 3 is 2.48 bits per heavy atom. The lowest BCUT2D eigenvalue weighted by Crippen LogP contribution is -2.47. The Morgan fingerprint density at radius 1 is 1.14 bits per heavy atom. The molecule has 1 aliphatic carbocycles. The number of hydrazine groups is 1. The lowest BCUT2D eigenvalue weighted by atomic mass is 10.1. The van der Waals surface area contributed by atoms with Gasteiger partial charge in [-0.3, -0.25) is 15.6 Å². The van der Waals surface area contributed by atoms with Gasteiger partial charge in [0, 0.05) is 6.04 Å². The van der Waals surface area contributed by atoms with E-state index in [0.717, 1.165) is 23.6 Å². The highest BCUT2D eigenvalue weighted by molar-refractivity contribution is 7.80. The number of phenolic OH excluding ortho intramolecular Hbond substituents is 1. The maximum Gasteiger partial charge on any atom is 0.273 e. The van der Waals surface area contributed by atoms with Gasteiger partial charge in [-0.15, -0.1) is 0 Å². The molecule has 4 N–H and O–H groups in total. The van der Waals surface area contributed by atoms with Crippen molar-refractivity contribution in [3.8, 4) is 5.75 Å². The van der Waals surface area contributed by atoms with Crippen LogP contribution in [0.1, 0.15) is 23.2 Å². The summed E-state index contributed by atoms with van der Waals surface area (Å²) in [6.45, 7) is 0. The van der Waals surface area contributed by atoms with E-state index in [1.165, 1.54) is 0 Å². The van der Waals surface area contributed by atoms with Crippen LogP contribution in [0.15, 0.2) is 36.4 Å². The molecule has 1 saturated carbocycles. The topological polar surface area (TPSA) is 73.4 Å². The van der Waals surface area contributed by atoms with Gasteiger partial charge in [0.1, 0.15) is 5.75 Å². The highest BCUT2D eigenvalue weighted by atomic mass is 32.1. The van der Waals surface area contributed by atoms with Crippen molar-refractivity contribution in [2.45, 2.75) is 18.9 Å². The summed E-state index contributed by atoms with van der Waals surface area (Å²) in [6, 6.07) is 11.2. The van der Waals surface area contributed by atoms with Gasteiger partial charge in [-0.1, -0.05) is 24.3 Å². The standard InChI is InChI=1S/C15H15N3O2S/c19-13-8-10-4-2-1-3-9(10)7-12(13)14(20)17-18-15(21)16-11-5-6-11/h1-4,7-8,11,19H,5-6H2,(H,17,20)(H2,16,18,21). The lowest BCUT2D eigenvalue weighted by Gasteiger charge is -2.12. The molecule has 6 heteroatoms. The molecular weight excluding hydrogens is 286 g/mol. The summed E-state index contributed by atoms with van der Waals surface area (Å²) < 4.78 is 0. The normalized spacial score (nSPS) is 13.7. The molecule has 0 heterocycles. The third-order valence-electron chi connectivity index (χ3n) is 3.31. The SMILES string of the molecule is O=C(NNC(=S)NC1CC1)c1cc2ccccc2cc1O. The minimum absolute atomic E-state index is 0.0610. The Balaban J connectivity index is 1.71. The van der Waals surface area contributed by atoms with Gasteiger partial charge in [0.25, 0.3) is 5.91 Å². The number of rotatable bonds is 2. The first kappa shape index (κ1) is 13.6. The molecule has 0 unspecified atom stereocenters. The second-order valence-electron chi connectivity index (χ2n) is 5.04. The molecule has 0 saturated heterocycles. The van der Waals surface area contributed by atoms with Crippen LogP contribution in [0.5, 0.6) is 5.75 Å². The fourth-order valence-electron chi connectivity index (χ4n) is 2.04. The van der Waals surface area contributed by atoms with Gasteiger partial charge in [0.15, 0.2) is 5.11 Å². The van der Waals surface area contributed by atoms with Crippen molar-refractivity contribution < 1.29 is 9.90 Å². The molecule has 1 aliphatic rings. The number of fused-ring (bicyclic) bond motifs is 1. The van der Waals surface area contributed by atoms with Crippen molar-refractivity contribution in [1.29, 1.82) is 0 Å². The number of benzene rings is 2. The molecule has 1 fully saturated rings. The Bertz CT molecular complexity index is 713. The van der Waals surface area contributed by atoms with Crippen LogP contribution in [-0.2, 0) is 0 Å². The maximum atomic E-state index is 12.1. The first-order chi connectivity index (χ1) is 10.1. The zero-order valence-electron chi connectivity index (χ0n) is 11.2. The molecule has 0 bridgehead atoms. The smallest absolute Gasteiger partial charge is 0.273 e. The summed E-state index contributed by atoms with van der Waals surface area (Å²) in [5.41, 5.74) is 5.33. The molecule has 21 heavy (non-hydrogen) atoms. The number of carbonyl (C=O) groups excluding carboxylic acids is 1. The zero-order valence-corrected chi connectivity index (χ0v) is 12.0. The highest BCUT2D eigenvalue weighted by Gasteiger charge is 2.22. The van der Waals surface area contributed by atoms with Crippen LogP contribution >= 0.6 is 12.2 Å². The highest BCUT2D eigenvalue weighted by Crippen LogP contribution is 2.24. The van der Waals surface area contributed by atoms with Crippen LogP contribution in [0.3, 0.4) is 0 Å². The summed E-state index contributed by atoms with van der Waals surface area (Å²) in [7, 11) is 0. The number of hydrogen-bond acceptors (Lipinski definition) is 3. The minimum atomic E-state index is -0.432. The van der Waals surface area contributed by atoms with Crippen LogP contribution in [0, 0.1) is 0 Å². The summed E-state index contributed by atoms with van der Waals surface area (Å²) in [5, 5.41) is 15.2. The first-order valence-corrected chi connectivity index (χ1v) is 7.13. The molecular formula is C15H15N3O2S. The monoisotopic (exact) mass is 301 g/mol. The molecule has 2 aromatic rings. The van der Waals surface area contributed by atoms with Gasteiger partial charge in [-0.2, -0.15) is 0 Å². The van der Waals surface area contributed by atoms with Crippen molar-refractivity contribution >= 4 is 34.0 Å². The Hall–Kier alpha value is -2.34. The average molecular weight is 301 g/mol. The van der Waals surface area contributed by atoms with Crippen LogP contribution in [0.4, 0.5) is 0 Å². The summed E-state index contributed by atoms with van der Waals surface area (Å²) in [6.07, 6.45) is 2.20. The summed E-state index contributed by atoms with van der Waals surface area (Å²) in [5.74, 6) is -0.493. The molecule has 0 atom stereocenters. The number of hydrogen-bond donors (Lipinski definition) is 4. The maximum absolute atomic E-state index is 12.1. The van der Waals surface area contributed by atoms with E-state index in [9.17, 15) is 9.90 Å².